The summed E-state index contributed by atoms with van der Waals surface area (Å²) in [4.78, 5) is 28.6. The van der Waals surface area contributed by atoms with E-state index in [9.17, 15) is 9.59 Å². The minimum Gasteiger partial charge on any atom is -0.497 e. The van der Waals surface area contributed by atoms with Gasteiger partial charge in [0.15, 0.2) is 5.78 Å². The number of thioether (sulfide) groups is 1. The second kappa shape index (κ2) is 6.99. The Balaban J connectivity index is 1.94. The molecule has 0 radical (unpaired) electrons. The van der Waals surface area contributed by atoms with Crippen molar-refractivity contribution in [3.63, 3.8) is 0 Å². The van der Waals surface area contributed by atoms with Crippen molar-refractivity contribution in [1.82, 2.24) is 4.90 Å². The van der Waals surface area contributed by atoms with Gasteiger partial charge < -0.3 is 14.5 Å². The van der Waals surface area contributed by atoms with Crippen LogP contribution in [-0.2, 0) is 9.59 Å². The molecule has 128 valence electrons. The quantitative estimate of drug-likeness (QED) is 0.616. The highest BCUT2D eigenvalue weighted by molar-refractivity contribution is 8.18. The van der Waals surface area contributed by atoms with Crippen LogP contribution in [0.3, 0.4) is 0 Å². The van der Waals surface area contributed by atoms with Crippen LogP contribution in [0, 0.1) is 0 Å². The third-order valence-electron chi connectivity index (χ3n) is 4.56. The molecule has 2 heterocycles. The van der Waals surface area contributed by atoms with Crippen LogP contribution in [-0.4, -0.2) is 56.1 Å². The van der Waals surface area contributed by atoms with Gasteiger partial charge in [0.2, 0.25) is 5.12 Å². The molecular weight excluding hydrogens is 324 g/mol. The molecule has 1 aromatic rings. The van der Waals surface area contributed by atoms with Gasteiger partial charge in [-0.15, -0.1) is 0 Å². The number of methoxy groups -OCH3 is 1. The minimum atomic E-state index is -0.0913. The maximum absolute atomic E-state index is 12.0. The van der Waals surface area contributed by atoms with Crippen LogP contribution in [0.15, 0.2) is 23.1 Å². The third kappa shape index (κ3) is 3.49. The normalized spacial score (nSPS) is 22.9. The van der Waals surface area contributed by atoms with E-state index in [1.54, 1.807) is 7.11 Å². The topological polar surface area (TPSA) is 49.9 Å². The zero-order valence-electron chi connectivity index (χ0n) is 14.2. The van der Waals surface area contributed by atoms with Crippen LogP contribution >= 0.6 is 11.8 Å². The van der Waals surface area contributed by atoms with Crippen molar-refractivity contribution in [2.24, 2.45) is 0 Å². The Morgan fingerprint density at radius 2 is 2.12 bits per heavy atom. The Bertz CT molecular complexity index is 700. The van der Waals surface area contributed by atoms with Gasteiger partial charge in [0.25, 0.3) is 0 Å². The molecule has 2 fully saturated rings. The number of hydrogen-bond acceptors (Lipinski definition) is 6. The van der Waals surface area contributed by atoms with Gasteiger partial charge >= 0.3 is 0 Å². The lowest BCUT2D eigenvalue weighted by Crippen LogP contribution is -2.31. The first-order chi connectivity index (χ1) is 11.5. The third-order valence-corrected chi connectivity index (χ3v) is 5.50. The van der Waals surface area contributed by atoms with E-state index in [0.717, 1.165) is 48.3 Å². The number of ether oxygens (including phenoxy) is 1. The maximum atomic E-state index is 12.0. The van der Waals surface area contributed by atoms with E-state index in [1.807, 2.05) is 24.3 Å². The van der Waals surface area contributed by atoms with E-state index in [0.29, 0.717) is 10.9 Å². The second-order valence-electron chi connectivity index (χ2n) is 6.36. The van der Waals surface area contributed by atoms with Crippen LogP contribution in [0.25, 0.3) is 6.08 Å². The maximum Gasteiger partial charge on any atom is 0.201 e. The van der Waals surface area contributed by atoms with E-state index in [4.69, 9.17) is 4.74 Å². The molecule has 0 amide bonds. The first-order valence-electron chi connectivity index (χ1n) is 8.03. The number of likely N-dealkylation sites (N-methyl/N-ethyl adjacent to an activating group) is 1. The average molecular weight is 346 g/mol. The Kier molecular flexibility index (Phi) is 4.96. The molecule has 1 aromatic carbocycles. The Labute approximate surface area is 146 Å². The molecule has 2 aliphatic heterocycles. The van der Waals surface area contributed by atoms with Crippen molar-refractivity contribution >= 4 is 34.4 Å². The highest BCUT2D eigenvalue weighted by atomic mass is 32.2. The van der Waals surface area contributed by atoms with Crippen LogP contribution in [0.5, 0.6) is 5.75 Å². The monoisotopic (exact) mass is 346 g/mol. The summed E-state index contributed by atoms with van der Waals surface area (Å²) in [6.45, 7) is 1.93. The first-order valence-corrected chi connectivity index (χ1v) is 8.84. The van der Waals surface area contributed by atoms with Gasteiger partial charge in [0.1, 0.15) is 5.75 Å². The largest absolute Gasteiger partial charge is 0.497 e. The number of benzene rings is 1. The highest BCUT2D eigenvalue weighted by Gasteiger charge is 2.28. The number of Topliss-reactive ketones (excluding diaryl/α,β-unsaturated/α-hetero) is 1. The van der Waals surface area contributed by atoms with Gasteiger partial charge in [-0.05, 0) is 56.6 Å². The fraction of sp³-hybridized carbons (Fsp3) is 0.444. The SMILES string of the molecule is COc1ccc(N2CC[C@H](N(C)C)C2)c(C=C2SC(=O)CC2=O)c1. The lowest BCUT2D eigenvalue weighted by Gasteiger charge is -2.23. The van der Waals surface area contributed by atoms with Crippen LogP contribution in [0.1, 0.15) is 18.4 Å². The van der Waals surface area contributed by atoms with Gasteiger partial charge in [-0.25, -0.2) is 0 Å². The van der Waals surface area contributed by atoms with Gasteiger partial charge in [-0.1, -0.05) is 0 Å². The number of carbonyl (C=O) groups excluding carboxylic acids is 2. The molecule has 2 aliphatic rings. The fourth-order valence-electron chi connectivity index (χ4n) is 3.13. The number of nitrogens with zero attached hydrogens (tertiary/aromatic N) is 2. The molecule has 0 aromatic heterocycles. The van der Waals surface area contributed by atoms with E-state index in [-0.39, 0.29) is 17.3 Å². The summed E-state index contributed by atoms with van der Waals surface area (Å²) in [7, 11) is 5.83. The summed E-state index contributed by atoms with van der Waals surface area (Å²) in [5.74, 6) is 0.655. The van der Waals surface area contributed by atoms with Crippen molar-refractivity contribution in [2.45, 2.75) is 18.9 Å². The lowest BCUT2D eigenvalue weighted by molar-refractivity contribution is -0.119. The standard InChI is InChI=1S/C18H22N2O3S/c1-19(2)13-6-7-20(11-13)15-5-4-14(23-3)8-12(15)9-17-16(21)10-18(22)24-17/h4-5,8-9,13H,6-7,10-11H2,1-3H3/t13-/m0/s1. The molecule has 0 N–H and O–H groups in total. The minimum absolute atomic E-state index is 0.00220. The van der Waals surface area contributed by atoms with E-state index >= 15 is 0 Å². The molecule has 0 saturated carbocycles. The lowest BCUT2D eigenvalue weighted by atomic mass is 10.1. The zero-order valence-corrected chi connectivity index (χ0v) is 15.1. The molecule has 3 rings (SSSR count). The Morgan fingerprint density at radius 3 is 2.71 bits per heavy atom. The van der Waals surface area contributed by atoms with Crippen LogP contribution in [0.2, 0.25) is 0 Å². The fourth-order valence-corrected chi connectivity index (χ4v) is 3.95. The molecule has 0 unspecified atom stereocenters. The number of allylic oxidation sites excluding steroid dienone is 1. The molecule has 24 heavy (non-hydrogen) atoms. The summed E-state index contributed by atoms with van der Waals surface area (Å²) in [6.07, 6.45) is 2.95. The smallest absolute Gasteiger partial charge is 0.201 e. The van der Waals surface area contributed by atoms with Gasteiger partial charge in [-0.3, -0.25) is 9.59 Å². The van der Waals surface area contributed by atoms with Crippen molar-refractivity contribution in [3.8, 4) is 5.75 Å². The molecule has 2 saturated heterocycles. The molecular formula is C18H22N2O3S. The highest BCUT2D eigenvalue weighted by Crippen LogP contribution is 2.35. The second-order valence-corrected chi connectivity index (χ2v) is 7.46. The predicted molar refractivity (Wildman–Crippen MR) is 97.5 cm³/mol. The number of hydrogen-bond donors (Lipinski definition) is 0. The molecule has 0 aliphatic carbocycles. The summed E-state index contributed by atoms with van der Waals surface area (Å²) in [5, 5.41) is -0.0791. The summed E-state index contributed by atoms with van der Waals surface area (Å²) in [5.41, 5.74) is 2.01. The molecule has 0 spiro atoms. The number of carbonyl (C=O) groups is 2. The van der Waals surface area contributed by atoms with Crippen LogP contribution < -0.4 is 9.64 Å². The van der Waals surface area contributed by atoms with Gasteiger partial charge in [-0.2, -0.15) is 0 Å². The van der Waals surface area contributed by atoms with Gasteiger partial charge in [0, 0.05) is 30.4 Å². The molecule has 0 bridgehead atoms. The van der Waals surface area contributed by atoms with Crippen molar-refractivity contribution in [1.29, 1.82) is 0 Å². The number of ketones is 1. The van der Waals surface area contributed by atoms with Gasteiger partial charge in [0.05, 0.1) is 18.4 Å². The zero-order chi connectivity index (χ0) is 17.3. The Morgan fingerprint density at radius 1 is 1.33 bits per heavy atom. The van der Waals surface area contributed by atoms with E-state index in [2.05, 4.69) is 23.9 Å². The predicted octanol–water partition coefficient (Wildman–Crippen LogP) is 2.41. The van der Waals surface area contributed by atoms with Crippen molar-refractivity contribution in [2.75, 3.05) is 39.2 Å². The molecule has 6 heteroatoms. The summed E-state index contributed by atoms with van der Waals surface area (Å²) < 4.78 is 5.33. The van der Waals surface area contributed by atoms with E-state index < -0.39 is 0 Å². The van der Waals surface area contributed by atoms with Crippen molar-refractivity contribution in [3.05, 3.63) is 28.7 Å². The Hall–Kier alpha value is -1.79. The first kappa shape index (κ1) is 17.0. The van der Waals surface area contributed by atoms with Crippen molar-refractivity contribution < 1.29 is 14.3 Å². The number of anilines is 1. The summed E-state index contributed by atoms with van der Waals surface area (Å²) in [6, 6.07) is 6.43. The van der Waals surface area contributed by atoms with Crippen LogP contribution in [0.4, 0.5) is 5.69 Å². The number of rotatable bonds is 4. The molecule has 1 atom stereocenters. The average Bonchev–Trinajstić information content (AvgIpc) is 3.14. The summed E-state index contributed by atoms with van der Waals surface area (Å²) >= 11 is 1.04. The van der Waals surface area contributed by atoms with E-state index in [1.165, 1.54) is 0 Å². The molecule has 5 nitrogen and oxygen atoms in total.